The molecule has 0 spiro atoms. The van der Waals surface area contributed by atoms with Gasteiger partial charge in [0.2, 0.25) is 0 Å². The standard InChI is InChI=1S/C33H33N3/c1-35(2)29-18-14-24(15-19-29)33(25-16-20-30(21-17-25)36(3)4)32-23-28(34-27-11-6-5-7-12-27)22-26-10-8-9-13-31(26)32/h5-23,29,34H,1-4H3. The van der Waals surface area contributed by atoms with Crippen molar-refractivity contribution in [3.63, 3.8) is 0 Å². The molecule has 0 saturated carbocycles. The molecular weight excluding hydrogens is 438 g/mol. The summed E-state index contributed by atoms with van der Waals surface area (Å²) in [6.45, 7) is 0. The summed E-state index contributed by atoms with van der Waals surface area (Å²) in [6, 6.07) is 32.7. The van der Waals surface area contributed by atoms with Crippen LogP contribution in [-0.2, 0) is 0 Å². The Balaban J connectivity index is 1.72. The lowest BCUT2D eigenvalue weighted by atomic mass is 9.87. The number of likely N-dealkylation sites (N-methyl/N-ethyl adjacent to an activating group) is 1. The summed E-state index contributed by atoms with van der Waals surface area (Å²) in [5.74, 6) is 0. The molecule has 4 aromatic rings. The third kappa shape index (κ3) is 4.98. The van der Waals surface area contributed by atoms with Gasteiger partial charge in [-0.3, -0.25) is 4.90 Å². The lowest BCUT2D eigenvalue weighted by Crippen LogP contribution is -2.24. The quantitative estimate of drug-likeness (QED) is 0.314. The lowest BCUT2D eigenvalue weighted by molar-refractivity contribution is 0.390. The second kappa shape index (κ2) is 10.3. The SMILES string of the molecule is CN(C)c1ccc(C(=C2C=CC(N(C)C)C=C2)c2cc(Nc3ccccc3)cc3ccccc23)cc1. The van der Waals surface area contributed by atoms with Crippen LogP contribution in [0.3, 0.4) is 0 Å². The Labute approximate surface area is 214 Å². The largest absolute Gasteiger partial charge is 0.378 e. The number of hydrogen-bond donors (Lipinski definition) is 1. The van der Waals surface area contributed by atoms with Crippen molar-refractivity contribution >= 4 is 33.4 Å². The number of para-hydroxylation sites is 1. The molecule has 0 bridgehead atoms. The maximum Gasteiger partial charge on any atom is 0.0462 e. The number of fused-ring (bicyclic) bond motifs is 1. The molecular formula is C33H33N3. The fourth-order valence-corrected chi connectivity index (χ4v) is 4.72. The summed E-state index contributed by atoms with van der Waals surface area (Å²) in [6.07, 6.45) is 9.09. The van der Waals surface area contributed by atoms with Crippen LogP contribution in [0.4, 0.5) is 17.1 Å². The van der Waals surface area contributed by atoms with E-state index in [4.69, 9.17) is 0 Å². The Morgan fingerprint density at radius 3 is 2.03 bits per heavy atom. The molecule has 0 fully saturated rings. The third-order valence-electron chi connectivity index (χ3n) is 6.70. The van der Waals surface area contributed by atoms with Crippen molar-refractivity contribution in [3.05, 3.63) is 132 Å². The topological polar surface area (TPSA) is 18.5 Å². The minimum absolute atomic E-state index is 0.300. The van der Waals surface area contributed by atoms with Crippen molar-refractivity contribution in [2.45, 2.75) is 6.04 Å². The smallest absolute Gasteiger partial charge is 0.0462 e. The number of benzene rings is 4. The van der Waals surface area contributed by atoms with E-state index in [0.29, 0.717) is 6.04 Å². The van der Waals surface area contributed by atoms with Crippen LogP contribution < -0.4 is 10.2 Å². The fourth-order valence-electron chi connectivity index (χ4n) is 4.72. The molecule has 4 aromatic carbocycles. The van der Waals surface area contributed by atoms with Crippen molar-refractivity contribution in [1.29, 1.82) is 0 Å². The first-order valence-electron chi connectivity index (χ1n) is 12.4. The Morgan fingerprint density at radius 1 is 0.694 bits per heavy atom. The van der Waals surface area contributed by atoms with E-state index in [1.807, 2.05) is 6.07 Å². The summed E-state index contributed by atoms with van der Waals surface area (Å²) < 4.78 is 0. The normalized spacial score (nSPS) is 14.9. The highest BCUT2D eigenvalue weighted by molar-refractivity contribution is 6.02. The highest BCUT2D eigenvalue weighted by Gasteiger charge is 2.17. The van der Waals surface area contributed by atoms with Crippen LogP contribution in [0.1, 0.15) is 11.1 Å². The van der Waals surface area contributed by atoms with Crippen molar-refractivity contribution in [2.75, 3.05) is 38.4 Å². The number of hydrogen-bond acceptors (Lipinski definition) is 3. The average molecular weight is 472 g/mol. The molecule has 1 aliphatic carbocycles. The van der Waals surface area contributed by atoms with E-state index in [2.05, 4.69) is 153 Å². The number of nitrogens with one attached hydrogen (secondary N) is 1. The van der Waals surface area contributed by atoms with Crippen LogP contribution in [0.5, 0.6) is 0 Å². The van der Waals surface area contributed by atoms with Crippen LogP contribution in [0, 0.1) is 0 Å². The van der Waals surface area contributed by atoms with E-state index < -0.39 is 0 Å². The lowest BCUT2D eigenvalue weighted by Gasteiger charge is -2.23. The van der Waals surface area contributed by atoms with Gasteiger partial charge >= 0.3 is 0 Å². The molecule has 1 aliphatic rings. The molecule has 0 amide bonds. The highest BCUT2D eigenvalue weighted by Crippen LogP contribution is 2.37. The van der Waals surface area contributed by atoms with Crippen LogP contribution in [0.2, 0.25) is 0 Å². The Morgan fingerprint density at radius 2 is 1.36 bits per heavy atom. The predicted octanol–water partition coefficient (Wildman–Crippen LogP) is 7.51. The average Bonchev–Trinajstić information content (AvgIpc) is 2.90. The van der Waals surface area contributed by atoms with Crippen LogP contribution in [0.25, 0.3) is 16.3 Å². The fraction of sp³-hybridized carbons (Fsp3) is 0.152. The van der Waals surface area contributed by atoms with E-state index in [0.717, 1.165) is 11.4 Å². The zero-order valence-corrected chi connectivity index (χ0v) is 21.4. The van der Waals surface area contributed by atoms with E-state index in [1.54, 1.807) is 0 Å². The monoisotopic (exact) mass is 471 g/mol. The number of allylic oxidation sites excluding steroid dienone is 3. The Bertz CT molecular complexity index is 1430. The minimum atomic E-state index is 0.300. The highest BCUT2D eigenvalue weighted by atomic mass is 15.1. The van der Waals surface area contributed by atoms with Crippen LogP contribution in [0.15, 0.2) is 121 Å². The van der Waals surface area contributed by atoms with E-state index in [1.165, 1.54) is 38.7 Å². The maximum absolute atomic E-state index is 3.62. The van der Waals surface area contributed by atoms with Gasteiger partial charge in [0.25, 0.3) is 0 Å². The molecule has 36 heavy (non-hydrogen) atoms. The second-order valence-electron chi connectivity index (χ2n) is 9.68. The van der Waals surface area contributed by atoms with Crippen LogP contribution >= 0.6 is 0 Å². The zero-order valence-electron chi connectivity index (χ0n) is 21.4. The van der Waals surface area contributed by atoms with Gasteiger partial charge in [0.05, 0.1) is 0 Å². The molecule has 180 valence electrons. The van der Waals surface area contributed by atoms with Gasteiger partial charge in [0, 0.05) is 37.2 Å². The van der Waals surface area contributed by atoms with Gasteiger partial charge in [-0.05, 0) is 83.5 Å². The van der Waals surface area contributed by atoms with Crippen molar-refractivity contribution < 1.29 is 0 Å². The second-order valence-corrected chi connectivity index (χ2v) is 9.68. The van der Waals surface area contributed by atoms with E-state index >= 15 is 0 Å². The summed E-state index contributed by atoms with van der Waals surface area (Å²) in [5.41, 5.74) is 8.22. The molecule has 0 saturated heterocycles. The summed E-state index contributed by atoms with van der Waals surface area (Å²) in [7, 11) is 8.38. The molecule has 0 radical (unpaired) electrons. The predicted molar refractivity (Wildman–Crippen MR) is 156 cm³/mol. The first-order chi connectivity index (χ1) is 17.5. The molecule has 3 heteroatoms. The Hall–Kier alpha value is -4.08. The minimum Gasteiger partial charge on any atom is -0.378 e. The third-order valence-corrected chi connectivity index (χ3v) is 6.70. The van der Waals surface area contributed by atoms with Gasteiger partial charge in [-0.1, -0.05) is 78.9 Å². The Kier molecular flexibility index (Phi) is 6.75. The number of nitrogens with zero attached hydrogens (tertiary/aromatic N) is 2. The molecule has 0 atom stereocenters. The van der Waals surface area contributed by atoms with Gasteiger partial charge in [0.15, 0.2) is 0 Å². The molecule has 0 aromatic heterocycles. The summed E-state index contributed by atoms with van der Waals surface area (Å²) in [5, 5.41) is 6.08. The van der Waals surface area contributed by atoms with Gasteiger partial charge in [-0.25, -0.2) is 0 Å². The van der Waals surface area contributed by atoms with Crippen LogP contribution in [-0.4, -0.2) is 39.1 Å². The van der Waals surface area contributed by atoms with Gasteiger partial charge in [-0.2, -0.15) is 0 Å². The first kappa shape index (κ1) is 23.7. The molecule has 0 unspecified atom stereocenters. The van der Waals surface area contributed by atoms with Crippen molar-refractivity contribution in [2.24, 2.45) is 0 Å². The summed E-state index contributed by atoms with van der Waals surface area (Å²) >= 11 is 0. The molecule has 0 aliphatic heterocycles. The van der Waals surface area contributed by atoms with Crippen molar-refractivity contribution in [3.8, 4) is 0 Å². The number of anilines is 3. The maximum atomic E-state index is 3.62. The van der Waals surface area contributed by atoms with Crippen molar-refractivity contribution in [1.82, 2.24) is 4.90 Å². The molecule has 5 rings (SSSR count). The van der Waals surface area contributed by atoms with Gasteiger partial charge in [-0.15, -0.1) is 0 Å². The molecule has 1 N–H and O–H groups in total. The zero-order chi connectivity index (χ0) is 25.1. The van der Waals surface area contributed by atoms with E-state index in [-0.39, 0.29) is 0 Å². The number of rotatable bonds is 6. The van der Waals surface area contributed by atoms with E-state index in [9.17, 15) is 0 Å². The first-order valence-corrected chi connectivity index (χ1v) is 12.4. The van der Waals surface area contributed by atoms with Gasteiger partial charge in [0.1, 0.15) is 0 Å². The molecule has 0 heterocycles. The van der Waals surface area contributed by atoms with Gasteiger partial charge < -0.3 is 10.2 Å². The summed E-state index contributed by atoms with van der Waals surface area (Å²) in [4.78, 5) is 4.35. The molecule has 3 nitrogen and oxygen atoms in total.